The van der Waals surface area contributed by atoms with E-state index in [1.54, 1.807) is 19.1 Å². The average molecular weight is 486 g/mol. The first kappa shape index (κ1) is 22.1. The van der Waals surface area contributed by atoms with Gasteiger partial charge in [-0.15, -0.1) is 11.3 Å². The fourth-order valence-corrected chi connectivity index (χ4v) is 4.94. The van der Waals surface area contributed by atoms with Gasteiger partial charge >= 0.3 is 0 Å². The summed E-state index contributed by atoms with van der Waals surface area (Å²) in [6.07, 6.45) is 0.622. The highest BCUT2D eigenvalue weighted by molar-refractivity contribution is 8.00. The van der Waals surface area contributed by atoms with Crippen molar-refractivity contribution in [3.63, 3.8) is 0 Å². The van der Waals surface area contributed by atoms with Crippen molar-refractivity contribution in [1.29, 1.82) is 0 Å². The number of aromatic amines is 1. The van der Waals surface area contributed by atoms with Gasteiger partial charge in [-0.2, -0.15) is 0 Å². The van der Waals surface area contributed by atoms with E-state index in [1.165, 1.54) is 29.5 Å². The van der Waals surface area contributed by atoms with Gasteiger partial charge in [-0.05, 0) is 42.8 Å². The number of H-pyrrole nitrogens is 1. The summed E-state index contributed by atoms with van der Waals surface area (Å²) in [6, 6.07) is 11.4. The molecule has 0 saturated carbocycles. The number of anilines is 1. The van der Waals surface area contributed by atoms with Crippen LogP contribution < -0.4 is 10.9 Å². The zero-order valence-corrected chi connectivity index (χ0v) is 19.0. The molecule has 10 heteroatoms. The molecule has 0 aliphatic carbocycles. The molecule has 0 spiro atoms. The molecular weight excluding hydrogens is 470 g/mol. The monoisotopic (exact) mass is 485 g/mol. The Bertz CT molecular complexity index is 1380. The molecule has 2 aromatic carbocycles. The number of nitrogens with zero attached hydrogens (tertiary/aromatic N) is 1. The number of halogens is 1. The summed E-state index contributed by atoms with van der Waals surface area (Å²) in [5.41, 5.74) is 1.79. The van der Waals surface area contributed by atoms with E-state index >= 15 is 0 Å². The summed E-state index contributed by atoms with van der Waals surface area (Å²) >= 11 is 8.37. The molecule has 4 aromatic rings. The highest BCUT2D eigenvalue weighted by atomic mass is 35.5. The van der Waals surface area contributed by atoms with Crippen LogP contribution in [0.15, 0.2) is 57.8 Å². The largest absolute Gasteiger partial charge is 0.506 e. The van der Waals surface area contributed by atoms with Gasteiger partial charge in [-0.25, -0.2) is 4.98 Å². The van der Waals surface area contributed by atoms with Gasteiger partial charge in [0.15, 0.2) is 5.16 Å². The Morgan fingerprint density at radius 3 is 2.75 bits per heavy atom. The Labute approximate surface area is 195 Å². The lowest BCUT2D eigenvalue weighted by Gasteiger charge is -2.12. The summed E-state index contributed by atoms with van der Waals surface area (Å²) in [6.45, 7) is 1.65. The van der Waals surface area contributed by atoms with E-state index in [0.717, 1.165) is 22.9 Å². The van der Waals surface area contributed by atoms with Crippen molar-refractivity contribution < 1.29 is 14.7 Å². The average Bonchev–Trinajstić information content (AvgIpc) is 3.20. The number of thiophene rings is 1. The van der Waals surface area contributed by atoms with Gasteiger partial charge in [0.1, 0.15) is 16.9 Å². The maximum Gasteiger partial charge on any atom is 0.260 e. The number of phenolic OH excluding ortho intramolecular Hbond substituents is 1. The number of benzene rings is 2. The van der Waals surface area contributed by atoms with E-state index in [-0.39, 0.29) is 17.0 Å². The van der Waals surface area contributed by atoms with Gasteiger partial charge in [-0.3, -0.25) is 14.4 Å². The molecule has 3 N–H and O–H groups in total. The summed E-state index contributed by atoms with van der Waals surface area (Å²) in [7, 11) is 0. The predicted octanol–water partition coefficient (Wildman–Crippen LogP) is 4.94. The molecule has 0 bridgehead atoms. The highest BCUT2D eigenvalue weighted by Gasteiger charge is 2.19. The fourth-order valence-electron chi connectivity index (χ4n) is 3.01. The van der Waals surface area contributed by atoms with Crippen LogP contribution in [0.2, 0.25) is 5.02 Å². The van der Waals surface area contributed by atoms with Gasteiger partial charge in [0, 0.05) is 21.5 Å². The second-order valence-corrected chi connectivity index (χ2v) is 9.48. The van der Waals surface area contributed by atoms with Crippen molar-refractivity contribution in [3.05, 3.63) is 68.8 Å². The maximum absolute atomic E-state index is 12.8. The summed E-state index contributed by atoms with van der Waals surface area (Å²) in [4.78, 5) is 44.1. The van der Waals surface area contributed by atoms with Crippen LogP contribution in [-0.2, 0) is 4.79 Å². The Balaban J connectivity index is 1.55. The van der Waals surface area contributed by atoms with Gasteiger partial charge in [0.05, 0.1) is 16.3 Å². The molecule has 0 saturated heterocycles. The van der Waals surface area contributed by atoms with Crippen molar-refractivity contribution >= 4 is 62.8 Å². The maximum atomic E-state index is 12.8. The minimum atomic E-state index is -0.634. The number of rotatable bonds is 6. The van der Waals surface area contributed by atoms with E-state index in [1.807, 2.05) is 17.5 Å². The molecule has 1 atom stereocenters. The van der Waals surface area contributed by atoms with Crippen LogP contribution in [-0.4, -0.2) is 32.5 Å². The lowest BCUT2D eigenvalue weighted by Crippen LogP contribution is -2.23. The number of fused-ring (bicyclic) bond motifs is 1. The summed E-state index contributed by atoms with van der Waals surface area (Å²) in [5.74, 6) is -0.563. The molecule has 1 unspecified atom stereocenters. The lowest BCUT2D eigenvalue weighted by molar-refractivity contribution is -0.115. The zero-order valence-electron chi connectivity index (χ0n) is 16.6. The number of thioether (sulfide) groups is 1. The van der Waals surface area contributed by atoms with Crippen molar-refractivity contribution in [2.75, 3.05) is 5.32 Å². The molecule has 0 aliphatic heterocycles. The number of nitrogens with one attached hydrogen (secondary N) is 2. The number of phenols is 1. The topological polar surface area (TPSA) is 112 Å². The van der Waals surface area contributed by atoms with Crippen LogP contribution in [0.4, 0.5) is 5.69 Å². The number of carbonyl (C=O) groups is 2. The Morgan fingerprint density at radius 1 is 1.28 bits per heavy atom. The van der Waals surface area contributed by atoms with Gasteiger partial charge in [0.25, 0.3) is 5.56 Å². The van der Waals surface area contributed by atoms with Crippen molar-refractivity contribution in [3.8, 4) is 16.9 Å². The summed E-state index contributed by atoms with van der Waals surface area (Å²) < 4.78 is 0. The van der Waals surface area contributed by atoms with Crippen LogP contribution in [0.5, 0.6) is 5.75 Å². The van der Waals surface area contributed by atoms with Crippen LogP contribution in [0.25, 0.3) is 21.3 Å². The van der Waals surface area contributed by atoms with E-state index < -0.39 is 11.2 Å². The first-order valence-electron chi connectivity index (χ1n) is 9.39. The van der Waals surface area contributed by atoms with Crippen LogP contribution >= 0.6 is 34.7 Å². The van der Waals surface area contributed by atoms with E-state index in [0.29, 0.717) is 32.2 Å². The van der Waals surface area contributed by atoms with E-state index in [9.17, 15) is 19.5 Å². The molecule has 2 heterocycles. The molecule has 1 amide bonds. The minimum Gasteiger partial charge on any atom is -0.506 e. The zero-order chi connectivity index (χ0) is 22.8. The molecular formula is C22H16ClN3O4S2. The first-order chi connectivity index (χ1) is 15.4. The van der Waals surface area contributed by atoms with Gasteiger partial charge < -0.3 is 15.4 Å². The smallest absolute Gasteiger partial charge is 0.260 e. The number of aromatic nitrogens is 2. The van der Waals surface area contributed by atoms with Crippen molar-refractivity contribution in [2.24, 2.45) is 0 Å². The number of carbonyl (C=O) groups excluding carboxylic acids is 2. The number of amides is 1. The third kappa shape index (κ3) is 4.55. The molecule has 162 valence electrons. The first-order valence-corrected chi connectivity index (χ1v) is 11.5. The SMILES string of the molecule is CC(Sc1nc2scc(-c3ccc(Cl)cc3)c2c(=O)[nH]1)C(=O)Nc1cc(C=O)ccc1O. The third-order valence-corrected chi connectivity index (χ3v) is 6.76. The Kier molecular flexibility index (Phi) is 6.31. The Morgan fingerprint density at radius 2 is 2.03 bits per heavy atom. The van der Waals surface area contributed by atoms with Gasteiger partial charge in [-0.1, -0.05) is 35.5 Å². The molecule has 0 radical (unpaired) electrons. The number of hydrogen-bond acceptors (Lipinski definition) is 7. The Hall–Kier alpha value is -3.14. The normalized spacial score (nSPS) is 11.9. The molecule has 7 nitrogen and oxygen atoms in total. The molecule has 0 aliphatic rings. The molecule has 4 rings (SSSR count). The fraction of sp³-hybridized carbons (Fsp3) is 0.0909. The number of aldehydes is 1. The summed E-state index contributed by atoms with van der Waals surface area (Å²) in [5, 5.41) is 15.1. The van der Waals surface area contributed by atoms with Crippen molar-refractivity contribution in [1.82, 2.24) is 9.97 Å². The van der Waals surface area contributed by atoms with E-state index in [4.69, 9.17) is 11.6 Å². The van der Waals surface area contributed by atoms with Crippen LogP contribution in [0, 0.1) is 0 Å². The van der Waals surface area contributed by atoms with Crippen LogP contribution in [0.1, 0.15) is 17.3 Å². The standard InChI is InChI=1S/C22H16ClN3O4S2/c1-11(19(29)24-16-8-12(9-27)2-7-17(16)28)32-22-25-20(30)18-15(10-31-21(18)26-22)13-3-5-14(23)6-4-13/h2-11,28H,1H3,(H,24,29)(H,25,26,30). The van der Waals surface area contributed by atoms with Crippen LogP contribution in [0.3, 0.4) is 0 Å². The molecule has 32 heavy (non-hydrogen) atoms. The van der Waals surface area contributed by atoms with Gasteiger partial charge in [0.2, 0.25) is 5.91 Å². The third-order valence-electron chi connectivity index (χ3n) is 4.65. The lowest BCUT2D eigenvalue weighted by atomic mass is 10.1. The van der Waals surface area contributed by atoms with E-state index in [2.05, 4.69) is 15.3 Å². The highest BCUT2D eigenvalue weighted by Crippen LogP contribution is 2.33. The second-order valence-electron chi connectivity index (χ2n) is 6.85. The quantitative estimate of drug-likeness (QED) is 0.154. The van der Waals surface area contributed by atoms with Crippen molar-refractivity contribution in [2.45, 2.75) is 17.3 Å². The molecule has 0 fully saturated rings. The predicted molar refractivity (Wildman–Crippen MR) is 128 cm³/mol. The number of hydrogen-bond donors (Lipinski definition) is 3. The molecule has 2 aromatic heterocycles. The number of aromatic hydroxyl groups is 1. The minimum absolute atomic E-state index is 0.134. The second kappa shape index (κ2) is 9.15.